The first-order chi connectivity index (χ1) is 10.2. The number of hydrogen-bond acceptors (Lipinski definition) is 3. The molecule has 21 heavy (non-hydrogen) atoms. The fourth-order valence-electron chi connectivity index (χ4n) is 3.03. The molecule has 0 bridgehead atoms. The van der Waals surface area contributed by atoms with Crippen molar-refractivity contribution in [3.8, 4) is 0 Å². The zero-order valence-electron chi connectivity index (χ0n) is 12.9. The third-order valence-electron chi connectivity index (χ3n) is 4.31. The Kier molecular flexibility index (Phi) is 5.57. The fraction of sp³-hybridized carbons (Fsp3) is 0.500. The molecule has 1 aromatic rings. The zero-order chi connectivity index (χ0) is 15.1. The highest BCUT2D eigenvalue weighted by atomic mass is 16.5. The molecule has 0 amide bonds. The standard InChI is InChI=1S/C18H25NO2/c1-3-10-18(17(20)21-4-2)11-13-19(14-12-18)15-16-8-6-5-7-9-16/h3,5-9H,1,4,10-15H2,2H3. The predicted octanol–water partition coefficient (Wildman–Crippen LogP) is 3.41. The van der Waals surface area contributed by atoms with Gasteiger partial charge in [0.1, 0.15) is 0 Å². The Morgan fingerprint density at radius 1 is 1.33 bits per heavy atom. The molecule has 1 saturated heterocycles. The van der Waals surface area contributed by atoms with E-state index in [0.717, 1.165) is 32.5 Å². The summed E-state index contributed by atoms with van der Waals surface area (Å²) in [6, 6.07) is 10.5. The van der Waals surface area contributed by atoms with Gasteiger partial charge in [0.05, 0.1) is 12.0 Å². The maximum Gasteiger partial charge on any atom is 0.312 e. The molecule has 1 heterocycles. The van der Waals surface area contributed by atoms with Gasteiger partial charge in [0, 0.05) is 6.54 Å². The Labute approximate surface area is 127 Å². The molecule has 0 aromatic heterocycles. The van der Waals surface area contributed by atoms with Gasteiger partial charge in [0.25, 0.3) is 0 Å². The van der Waals surface area contributed by atoms with E-state index in [4.69, 9.17) is 4.74 Å². The van der Waals surface area contributed by atoms with Gasteiger partial charge in [-0.15, -0.1) is 6.58 Å². The number of esters is 1. The third kappa shape index (κ3) is 3.94. The molecule has 0 N–H and O–H groups in total. The molecule has 0 saturated carbocycles. The Morgan fingerprint density at radius 3 is 2.57 bits per heavy atom. The summed E-state index contributed by atoms with van der Waals surface area (Å²) in [7, 11) is 0. The van der Waals surface area contributed by atoms with E-state index in [9.17, 15) is 4.79 Å². The number of piperidine rings is 1. The number of benzene rings is 1. The maximum absolute atomic E-state index is 12.3. The second-order valence-corrected chi connectivity index (χ2v) is 5.76. The Bertz CT molecular complexity index is 461. The summed E-state index contributed by atoms with van der Waals surface area (Å²) in [5, 5.41) is 0. The van der Waals surface area contributed by atoms with E-state index in [0.29, 0.717) is 13.0 Å². The van der Waals surface area contributed by atoms with E-state index in [1.165, 1.54) is 5.56 Å². The molecule has 0 aliphatic carbocycles. The molecule has 3 heteroatoms. The van der Waals surface area contributed by atoms with Crippen LogP contribution in [0.1, 0.15) is 31.7 Å². The van der Waals surface area contributed by atoms with Crippen molar-refractivity contribution in [2.24, 2.45) is 5.41 Å². The summed E-state index contributed by atoms with van der Waals surface area (Å²) < 4.78 is 5.29. The summed E-state index contributed by atoms with van der Waals surface area (Å²) in [6.45, 7) is 8.94. The average Bonchev–Trinajstić information content (AvgIpc) is 2.51. The molecule has 1 aliphatic rings. The van der Waals surface area contributed by atoms with Gasteiger partial charge in [0.15, 0.2) is 0 Å². The lowest BCUT2D eigenvalue weighted by Gasteiger charge is -2.39. The molecule has 0 unspecified atom stereocenters. The van der Waals surface area contributed by atoms with E-state index < -0.39 is 0 Å². The van der Waals surface area contributed by atoms with Crippen LogP contribution in [-0.2, 0) is 16.1 Å². The lowest BCUT2D eigenvalue weighted by Crippen LogP contribution is -2.44. The van der Waals surface area contributed by atoms with Gasteiger partial charge in [-0.25, -0.2) is 0 Å². The lowest BCUT2D eigenvalue weighted by molar-refractivity contribution is -0.158. The van der Waals surface area contributed by atoms with Crippen molar-refractivity contribution in [3.05, 3.63) is 48.6 Å². The number of rotatable bonds is 6. The van der Waals surface area contributed by atoms with Crippen LogP contribution in [-0.4, -0.2) is 30.6 Å². The van der Waals surface area contributed by atoms with Gasteiger partial charge in [-0.3, -0.25) is 9.69 Å². The minimum absolute atomic E-state index is 0.0516. The smallest absolute Gasteiger partial charge is 0.312 e. The molecule has 0 radical (unpaired) electrons. The number of likely N-dealkylation sites (tertiary alicyclic amines) is 1. The van der Waals surface area contributed by atoms with E-state index in [2.05, 4.69) is 35.7 Å². The van der Waals surface area contributed by atoms with E-state index in [1.54, 1.807) is 0 Å². The Hall–Kier alpha value is -1.61. The molecule has 114 valence electrons. The number of nitrogens with zero attached hydrogens (tertiary/aromatic N) is 1. The monoisotopic (exact) mass is 287 g/mol. The zero-order valence-corrected chi connectivity index (χ0v) is 12.9. The topological polar surface area (TPSA) is 29.5 Å². The number of carbonyl (C=O) groups is 1. The van der Waals surface area contributed by atoms with Crippen LogP contribution in [0.2, 0.25) is 0 Å². The first-order valence-corrected chi connectivity index (χ1v) is 7.74. The van der Waals surface area contributed by atoms with Gasteiger partial charge >= 0.3 is 5.97 Å². The SMILES string of the molecule is C=CCC1(C(=O)OCC)CCN(Cc2ccccc2)CC1. The van der Waals surface area contributed by atoms with Gasteiger partial charge in [-0.2, -0.15) is 0 Å². The molecule has 1 fully saturated rings. The van der Waals surface area contributed by atoms with E-state index in [1.807, 2.05) is 19.1 Å². The summed E-state index contributed by atoms with van der Waals surface area (Å²) in [5.74, 6) is -0.0516. The highest BCUT2D eigenvalue weighted by molar-refractivity contribution is 5.77. The van der Waals surface area contributed by atoms with Crippen LogP contribution >= 0.6 is 0 Å². The van der Waals surface area contributed by atoms with Crippen LogP contribution in [0.4, 0.5) is 0 Å². The Balaban J connectivity index is 1.96. The van der Waals surface area contributed by atoms with Crippen LogP contribution in [0, 0.1) is 5.41 Å². The first kappa shape index (κ1) is 15.8. The molecule has 1 aromatic carbocycles. The van der Waals surface area contributed by atoms with Crippen LogP contribution in [0.25, 0.3) is 0 Å². The van der Waals surface area contributed by atoms with Crippen molar-refractivity contribution in [2.45, 2.75) is 32.7 Å². The van der Waals surface area contributed by atoms with E-state index >= 15 is 0 Å². The second-order valence-electron chi connectivity index (χ2n) is 5.76. The lowest BCUT2D eigenvalue weighted by atomic mass is 9.75. The largest absolute Gasteiger partial charge is 0.466 e. The number of ether oxygens (including phenoxy) is 1. The van der Waals surface area contributed by atoms with Gasteiger partial charge < -0.3 is 4.74 Å². The van der Waals surface area contributed by atoms with Crippen LogP contribution in [0.3, 0.4) is 0 Å². The molecule has 1 aliphatic heterocycles. The van der Waals surface area contributed by atoms with Gasteiger partial charge in [-0.05, 0) is 44.8 Å². The summed E-state index contributed by atoms with van der Waals surface area (Å²) in [5.41, 5.74) is 0.968. The minimum Gasteiger partial charge on any atom is -0.466 e. The summed E-state index contributed by atoms with van der Waals surface area (Å²) in [6.07, 6.45) is 4.27. The van der Waals surface area contributed by atoms with Crippen molar-refractivity contribution >= 4 is 5.97 Å². The average molecular weight is 287 g/mol. The quantitative estimate of drug-likeness (QED) is 0.593. The van der Waals surface area contributed by atoms with Crippen molar-refractivity contribution < 1.29 is 9.53 Å². The van der Waals surface area contributed by atoms with Crippen molar-refractivity contribution in [1.82, 2.24) is 4.90 Å². The summed E-state index contributed by atoms with van der Waals surface area (Å²) in [4.78, 5) is 14.7. The Morgan fingerprint density at radius 2 is 2.00 bits per heavy atom. The maximum atomic E-state index is 12.3. The molecule has 3 nitrogen and oxygen atoms in total. The molecule has 0 spiro atoms. The van der Waals surface area contributed by atoms with Gasteiger partial charge in [-0.1, -0.05) is 36.4 Å². The number of carbonyl (C=O) groups excluding carboxylic acids is 1. The minimum atomic E-state index is -0.356. The van der Waals surface area contributed by atoms with Crippen molar-refractivity contribution in [2.75, 3.05) is 19.7 Å². The van der Waals surface area contributed by atoms with Crippen LogP contribution in [0.15, 0.2) is 43.0 Å². The highest BCUT2D eigenvalue weighted by Gasteiger charge is 2.41. The predicted molar refractivity (Wildman–Crippen MR) is 84.8 cm³/mol. The number of allylic oxidation sites excluding steroid dienone is 1. The number of hydrogen-bond donors (Lipinski definition) is 0. The van der Waals surface area contributed by atoms with E-state index in [-0.39, 0.29) is 11.4 Å². The summed E-state index contributed by atoms with van der Waals surface area (Å²) >= 11 is 0. The van der Waals surface area contributed by atoms with Crippen LogP contribution < -0.4 is 0 Å². The first-order valence-electron chi connectivity index (χ1n) is 7.74. The second kappa shape index (κ2) is 7.41. The molecule has 0 atom stereocenters. The van der Waals surface area contributed by atoms with Crippen molar-refractivity contribution in [1.29, 1.82) is 0 Å². The van der Waals surface area contributed by atoms with Crippen molar-refractivity contribution in [3.63, 3.8) is 0 Å². The fourth-order valence-corrected chi connectivity index (χ4v) is 3.03. The van der Waals surface area contributed by atoms with Crippen LogP contribution in [0.5, 0.6) is 0 Å². The molecule has 2 rings (SSSR count). The molecular weight excluding hydrogens is 262 g/mol. The highest BCUT2D eigenvalue weighted by Crippen LogP contribution is 2.37. The van der Waals surface area contributed by atoms with Gasteiger partial charge in [0.2, 0.25) is 0 Å². The third-order valence-corrected chi connectivity index (χ3v) is 4.31. The molecular formula is C18H25NO2. The normalized spacial score (nSPS) is 18.1.